The van der Waals surface area contributed by atoms with E-state index < -0.39 is 6.04 Å². The van der Waals surface area contributed by atoms with Crippen molar-refractivity contribution in [3.8, 4) is 0 Å². The summed E-state index contributed by atoms with van der Waals surface area (Å²) in [6.07, 6.45) is 2.12. The minimum atomic E-state index is -0.414. The third-order valence-corrected chi connectivity index (χ3v) is 3.87. The molecule has 1 saturated heterocycles. The molecule has 122 valence electrons. The molecule has 0 saturated carbocycles. The number of carbonyl (C=O) groups excluding carboxylic acids is 2. The highest BCUT2D eigenvalue weighted by molar-refractivity contribution is 5.97. The lowest BCUT2D eigenvalue weighted by atomic mass is 9.93. The second-order valence-electron chi connectivity index (χ2n) is 6.42. The highest BCUT2D eigenvalue weighted by Gasteiger charge is 2.42. The molecule has 21 heavy (non-hydrogen) atoms. The van der Waals surface area contributed by atoms with Crippen molar-refractivity contribution in [1.29, 1.82) is 0 Å². The Morgan fingerprint density at radius 1 is 1.14 bits per heavy atom. The summed E-state index contributed by atoms with van der Waals surface area (Å²) in [5, 5.41) is 2.87. The van der Waals surface area contributed by atoms with E-state index in [9.17, 15) is 9.59 Å². The van der Waals surface area contributed by atoms with Gasteiger partial charge in [-0.25, -0.2) is 0 Å². The monoisotopic (exact) mass is 298 g/mol. The van der Waals surface area contributed by atoms with Gasteiger partial charge in [0.15, 0.2) is 0 Å². The zero-order chi connectivity index (χ0) is 16.0. The van der Waals surface area contributed by atoms with E-state index in [1.165, 1.54) is 0 Å². The summed E-state index contributed by atoms with van der Waals surface area (Å²) in [7, 11) is 0. The molecule has 0 spiro atoms. The van der Waals surface area contributed by atoms with Gasteiger partial charge in [0.1, 0.15) is 12.1 Å². The zero-order valence-corrected chi connectivity index (χ0v) is 14.0. The normalized spacial score (nSPS) is 23.1. The van der Waals surface area contributed by atoms with Crippen molar-refractivity contribution in [2.75, 3.05) is 19.8 Å². The van der Waals surface area contributed by atoms with Gasteiger partial charge in [-0.3, -0.25) is 9.59 Å². The molecule has 5 heteroatoms. The first-order valence-corrected chi connectivity index (χ1v) is 8.08. The summed E-state index contributed by atoms with van der Waals surface area (Å²) in [5.41, 5.74) is 0. The first kappa shape index (κ1) is 18.0. The quantitative estimate of drug-likeness (QED) is 0.695. The Morgan fingerprint density at radius 2 is 1.81 bits per heavy atom. The minimum absolute atomic E-state index is 0.0161. The number of nitrogens with zero attached hydrogens (tertiary/aromatic N) is 1. The van der Waals surface area contributed by atoms with Gasteiger partial charge in [0.2, 0.25) is 11.8 Å². The fourth-order valence-electron chi connectivity index (χ4n) is 2.63. The number of nitrogens with one attached hydrogen (secondary N) is 1. The molecular weight excluding hydrogens is 268 g/mol. The molecule has 1 heterocycles. The Hall–Kier alpha value is -1.10. The number of rotatable bonds is 8. The number of amides is 2. The van der Waals surface area contributed by atoms with Crippen LogP contribution >= 0.6 is 0 Å². The molecule has 5 nitrogen and oxygen atoms in total. The SMILES string of the molecule is CCCCOCCN1C(=O)C(C(C)C)NC(=O)C1C(C)C. The van der Waals surface area contributed by atoms with Crippen LogP contribution in [0.4, 0.5) is 0 Å². The molecule has 1 N–H and O–H groups in total. The van der Waals surface area contributed by atoms with Gasteiger partial charge in [-0.1, -0.05) is 41.0 Å². The summed E-state index contributed by atoms with van der Waals surface area (Å²) in [4.78, 5) is 26.6. The van der Waals surface area contributed by atoms with Gasteiger partial charge in [0.25, 0.3) is 0 Å². The first-order chi connectivity index (χ1) is 9.90. The molecule has 2 atom stereocenters. The second kappa shape index (κ2) is 8.37. The summed E-state index contributed by atoms with van der Waals surface area (Å²) in [6, 6.07) is -0.801. The van der Waals surface area contributed by atoms with Gasteiger partial charge < -0.3 is 15.0 Å². The summed E-state index contributed by atoms with van der Waals surface area (Å²) < 4.78 is 5.56. The molecule has 0 aromatic carbocycles. The topological polar surface area (TPSA) is 58.6 Å². The zero-order valence-electron chi connectivity index (χ0n) is 14.0. The van der Waals surface area contributed by atoms with Crippen LogP contribution in [0.3, 0.4) is 0 Å². The second-order valence-corrected chi connectivity index (χ2v) is 6.42. The van der Waals surface area contributed by atoms with E-state index in [4.69, 9.17) is 4.74 Å². The van der Waals surface area contributed by atoms with Crippen molar-refractivity contribution in [3.05, 3.63) is 0 Å². The molecule has 0 aliphatic carbocycles. The summed E-state index contributed by atoms with van der Waals surface area (Å²) >= 11 is 0. The maximum atomic E-state index is 12.6. The molecule has 0 aromatic heterocycles. The lowest BCUT2D eigenvalue weighted by Crippen LogP contribution is -2.66. The maximum Gasteiger partial charge on any atom is 0.246 e. The number of ether oxygens (including phenoxy) is 1. The smallest absolute Gasteiger partial charge is 0.246 e. The molecule has 0 bridgehead atoms. The first-order valence-electron chi connectivity index (χ1n) is 8.08. The Labute approximate surface area is 128 Å². The Morgan fingerprint density at radius 3 is 2.33 bits per heavy atom. The number of hydrogen-bond acceptors (Lipinski definition) is 3. The lowest BCUT2D eigenvalue weighted by Gasteiger charge is -2.42. The molecule has 2 unspecified atom stereocenters. The average molecular weight is 298 g/mol. The fraction of sp³-hybridized carbons (Fsp3) is 0.875. The maximum absolute atomic E-state index is 12.6. The van der Waals surface area contributed by atoms with Crippen molar-refractivity contribution in [2.24, 2.45) is 11.8 Å². The van der Waals surface area contributed by atoms with Crippen molar-refractivity contribution in [2.45, 2.75) is 59.5 Å². The standard InChI is InChI=1S/C16H30N2O3/c1-6-7-9-21-10-8-18-14(12(4)5)15(19)17-13(11(2)3)16(18)20/h11-14H,6-10H2,1-5H3,(H,17,19). The van der Waals surface area contributed by atoms with Crippen molar-refractivity contribution in [1.82, 2.24) is 10.2 Å². The molecule has 1 aliphatic heterocycles. The van der Waals surface area contributed by atoms with Crippen LogP contribution < -0.4 is 5.32 Å². The Kier molecular flexibility index (Phi) is 7.15. The van der Waals surface area contributed by atoms with E-state index in [2.05, 4.69) is 12.2 Å². The van der Waals surface area contributed by atoms with E-state index in [1.807, 2.05) is 27.7 Å². The van der Waals surface area contributed by atoms with E-state index >= 15 is 0 Å². The van der Waals surface area contributed by atoms with Gasteiger partial charge in [-0.05, 0) is 18.3 Å². The van der Waals surface area contributed by atoms with Crippen LogP contribution in [-0.2, 0) is 14.3 Å². The third kappa shape index (κ3) is 4.70. The van der Waals surface area contributed by atoms with Crippen LogP contribution in [-0.4, -0.2) is 48.6 Å². The highest BCUT2D eigenvalue weighted by atomic mass is 16.5. The van der Waals surface area contributed by atoms with Gasteiger partial charge >= 0.3 is 0 Å². The Bertz CT molecular complexity index is 355. The highest BCUT2D eigenvalue weighted by Crippen LogP contribution is 2.20. The van der Waals surface area contributed by atoms with Crippen molar-refractivity contribution < 1.29 is 14.3 Å². The van der Waals surface area contributed by atoms with Crippen LogP contribution in [0.1, 0.15) is 47.5 Å². The Balaban J connectivity index is 2.71. The predicted octanol–water partition coefficient (Wildman–Crippen LogP) is 1.81. The summed E-state index contributed by atoms with van der Waals surface area (Å²) in [5.74, 6) is 0.162. The van der Waals surface area contributed by atoms with E-state index in [0.29, 0.717) is 19.8 Å². The number of piperazine rings is 1. The average Bonchev–Trinajstić information content (AvgIpc) is 2.40. The molecule has 1 rings (SSSR count). The molecule has 1 aliphatic rings. The van der Waals surface area contributed by atoms with Gasteiger partial charge in [0, 0.05) is 13.2 Å². The van der Waals surface area contributed by atoms with Crippen LogP contribution in [0.25, 0.3) is 0 Å². The fourth-order valence-corrected chi connectivity index (χ4v) is 2.63. The van der Waals surface area contributed by atoms with E-state index in [-0.39, 0.29) is 29.7 Å². The van der Waals surface area contributed by atoms with Gasteiger partial charge in [-0.15, -0.1) is 0 Å². The van der Waals surface area contributed by atoms with Crippen LogP contribution in [0, 0.1) is 11.8 Å². The third-order valence-electron chi connectivity index (χ3n) is 3.87. The van der Waals surface area contributed by atoms with Crippen LogP contribution in [0.2, 0.25) is 0 Å². The summed E-state index contributed by atoms with van der Waals surface area (Å²) in [6.45, 7) is 11.7. The van der Waals surface area contributed by atoms with Gasteiger partial charge in [0.05, 0.1) is 6.61 Å². The number of carbonyl (C=O) groups is 2. The molecule has 0 aromatic rings. The number of unbranched alkanes of at least 4 members (excludes halogenated alkanes) is 1. The predicted molar refractivity (Wildman–Crippen MR) is 82.8 cm³/mol. The van der Waals surface area contributed by atoms with Gasteiger partial charge in [-0.2, -0.15) is 0 Å². The van der Waals surface area contributed by atoms with E-state index in [0.717, 1.165) is 12.8 Å². The molecular formula is C16H30N2O3. The van der Waals surface area contributed by atoms with Crippen molar-refractivity contribution >= 4 is 11.8 Å². The number of hydrogen-bond donors (Lipinski definition) is 1. The molecule has 1 fully saturated rings. The minimum Gasteiger partial charge on any atom is -0.380 e. The van der Waals surface area contributed by atoms with Crippen LogP contribution in [0.15, 0.2) is 0 Å². The largest absolute Gasteiger partial charge is 0.380 e. The molecule has 2 amide bonds. The van der Waals surface area contributed by atoms with Crippen molar-refractivity contribution in [3.63, 3.8) is 0 Å². The van der Waals surface area contributed by atoms with E-state index in [1.54, 1.807) is 4.90 Å². The lowest BCUT2D eigenvalue weighted by molar-refractivity contribution is -0.153. The van der Waals surface area contributed by atoms with Crippen LogP contribution in [0.5, 0.6) is 0 Å². The molecule has 0 radical (unpaired) electrons.